The Balaban J connectivity index is 1.71. The van der Waals surface area contributed by atoms with E-state index in [2.05, 4.69) is 15.1 Å². The Morgan fingerprint density at radius 2 is 2.16 bits per heavy atom. The highest BCUT2D eigenvalue weighted by molar-refractivity contribution is 5.90. The predicted octanol–water partition coefficient (Wildman–Crippen LogP) is 1.07. The van der Waals surface area contributed by atoms with Crippen molar-refractivity contribution < 1.29 is 4.79 Å². The van der Waals surface area contributed by atoms with Crippen molar-refractivity contribution in [3.63, 3.8) is 0 Å². The lowest BCUT2D eigenvalue weighted by Gasteiger charge is -2.15. The minimum Gasteiger partial charge on any atom is -0.334 e. The fourth-order valence-electron chi connectivity index (χ4n) is 2.33. The smallest absolute Gasteiger partial charge is 0.291 e. The van der Waals surface area contributed by atoms with Crippen LogP contribution in [-0.4, -0.2) is 43.6 Å². The first-order chi connectivity index (χ1) is 9.24. The van der Waals surface area contributed by atoms with Crippen molar-refractivity contribution in [1.82, 2.24) is 24.6 Å². The molecule has 1 amide bonds. The summed E-state index contributed by atoms with van der Waals surface area (Å²) in [7, 11) is 0. The Labute approximate surface area is 111 Å². The molecule has 0 saturated carbocycles. The Hall–Kier alpha value is -2.24. The van der Waals surface area contributed by atoms with Gasteiger partial charge in [0.1, 0.15) is 0 Å². The second-order valence-corrected chi connectivity index (χ2v) is 4.76. The van der Waals surface area contributed by atoms with E-state index >= 15 is 0 Å². The third-order valence-corrected chi connectivity index (χ3v) is 3.31. The number of hydrogen-bond acceptors (Lipinski definition) is 4. The van der Waals surface area contributed by atoms with Gasteiger partial charge < -0.3 is 4.90 Å². The Morgan fingerprint density at radius 3 is 2.84 bits per heavy atom. The maximum absolute atomic E-state index is 12.2. The van der Waals surface area contributed by atoms with E-state index < -0.39 is 0 Å². The van der Waals surface area contributed by atoms with Gasteiger partial charge in [-0.15, -0.1) is 0 Å². The largest absolute Gasteiger partial charge is 0.334 e. The highest BCUT2D eigenvalue weighted by Gasteiger charge is 2.29. The standard InChI is InChI=1S/C13H15N5O/c1-10-7-16-18(8-10)11-3-6-17(9-11)13(19)12-14-4-2-5-15-12/h2,4-5,7-8,11H,3,6,9H2,1H3. The molecule has 1 unspecified atom stereocenters. The van der Waals surface area contributed by atoms with Crippen molar-refractivity contribution in [3.05, 3.63) is 42.2 Å². The number of aromatic nitrogens is 4. The number of amides is 1. The van der Waals surface area contributed by atoms with Gasteiger partial charge in [-0.25, -0.2) is 9.97 Å². The SMILES string of the molecule is Cc1cnn(C2CCN(C(=O)c3ncccn3)C2)c1. The molecule has 3 heterocycles. The zero-order valence-corrected chi connectivity index (χ0v) is 10.7. The van der Waals surface area contributed by atoms with Gasteiger partial charge in [0.25, 0.3) is 5.91 Å². The molecule has 1 saturated heterocycles. The lowest BCUT2D eigenvalue weighted by atomic mass is 10.3. The van der Waals surface area contributed by atoms with Crippen LogP contribution in [0.2, 0.25) is 0 Å². The molecule has 0 aliphatic carbocycles. The highest BCUT2D eigenvalue weighted by Crippen LogP contribution is 2.22. The van der Waals surface area contributed by atoms with Crippen LogP contribution in [0.3, 0.4) is 0 Å². The summed E-state index contributed by atoms with van der Waals surface area (Å²) in [6, 6.07) is 1.96. The molecule has 1 atom stereocenters. The van der Waals surface area contributed by atoms with Gasteiger partial charge in [0, 0.05) is 31.7 Å². The van der Waals surface area contributed by atoms with Gasteiger partial charge in [0.05, 0.1) is 12.2 Å². The first kappa shape index (κ1) is 11.8. The average Bonchev–Trinajstić information content (AvgIpc) is 3.07. The van der Waals surface area contributed by atoms with Crippen molar-refractivity contribution in [3.8, 4) is 0 Å². The highest BCUT2D eigenvalue weighted by atomic mass is 16.2. The second-order valence-electron chi connectivity index (χ2n) is 4.76. The molecule has 19 heavy (non-hydrogen) atoms. The molecule has 0 N–H and O–H groups in total. The molecule has 0 radical (unpaired) electrons. The van der Waals surface area contributed by atoms with E-state index in [1.54, 1.807) is 23.4 Å². The third-order valence-electron chi connectivity index (χ3n) is 3.31. The topological polar surface area (TPSA) is 63.9 Å². The molecule has 1 fully saturated rings. The van der Waals surface area contributed by atoms with E-state index in [9.17, 15) is 4.79 Å². The van der Waals surface area contributed by atoms with Gasteiger partial charge in [0.2, 0.25) is 5.82 Å². The number of hydrogen-bond donors (Lipinski definition) is 0. The second kappa shape index (κ2) is 4.79. The third kappa shape index (κ3) is 2.33. The number of likely N-dealkylation sites (tertiary alicyclic amines) is 1. The number of aryl methyl sites for hydroxylation is 1. The molecule has 1 aliphatic heterocycles. The first-order valence-electron chi connectivity index (χ1n) is 6.31. The monoisotopic (exact) mass is 257 g/mol. The molecule has 0 bridgehead atoms. The minimum absolute atomic E-state index is 0.105. The van der Waals surface area contributed by atoms with Crippen molar-refractivity contribution >= 4 is 5.91 Å². The summed E-state index contributed by atoms with van der Waals surface area (Å²) >= 11 is 0. The summed E-state index contributed by atoms with van der Waals surface area (Å²) in [5.74, 6) is 0.159. The normalized spacial score (nSPS) is 18.8. The minimum atomic E-state index is -0.105. The van der Waals surface area contributed by atoms with Crippen molar-refractivity contribution in [2.24, 2.45) is 0 Å². The zero-order chi connectivity index (χ0) is 13.2. The van der Waals surface area contributed by atoms with Gasteiger partial charge >= 0.3 is 0 Å². The van der Waals surface area contributed by atoms with E-state index in [0.29, 0.717) is 6.54 Å². The van der Waals surface area contributed by atoms with Crippen molar-refractivity contribution in [1.29, 1.82) is 0 Å². The Kier molecular flexibility index (Phi) is 2.98. The molecular weight excluding hydrogens is 242 g/mol. The van der Waals surface area contributed by atoms with Crippen LogP contribution in [-0.2, 0) is 0 Å². The molecule has 1 aliphatic rings. The zero-order valence-electron chi connectivity index (χ0n) is 10.7. The molecule has 3 rings (SSSR count). The predicted molar refractivity (Wildman–Crippen MR) is 68.6 cm³/mol. The Bertz CT molecular complexity index is 580. The van der Waals surface area contributed by atoms with Crippen LogP contribution < -0.4 is 0 Å². The van der Waals surface area contributed by atoms with Gasteiger partial charge in [0.15, 0.2) is 0 Å². The van der Waals surface area contributed by atoms with E-state index in [1.807, 2.05) is 24.0 Å². The average molecular weight is 257 g/mol. The van der Waals surface area contributed by atoms with E-state index in [4.69, 9.17) is 0 Å². The summed E-state index contributed by atoms with van der Waals surface area (Å²) in [5, 5.41) is 4.31. The lowest BCUT2D eigenvalue weighted by molar-refractivity contribution is 0.0775. The summed E-state index contributed by atoms with van der Waals surface area (Å²) in [6.45, 7) is 3.40. The fourth-order valence-corrected chi connectivity index (χ4v) is 2.33. The van der Waals surface area contributed by atoms with Gasteiger partial charge in [-0.05, 0) is 25.0 Å². The van der Waals surface area contributed by atoms with Crippen molar-refractivity contribution in [2.45, 2.75) is 19.4 Å². The van der Waals surface area contributed by atoms with Crippen LogP contribution in [0.25, 0.3) is 0 Å². The molecule has 6 heteroatoms. The van der Waals surface area contributed by atoms with Crippen LogP contribution in [0.5, 0.6) is 0 Å². The Morgan fingerprint density at radius 1 is 1.37 bits per heavy atom. The number of rotatable bonds is 2. The number of carbonyl (C=O) groups is 1. The molecule has 0 spiro atoms. The molecule has 2 aromatic heterocycles. The van der Waals surface area contributed by atoms with Gasteiger partial charge in [-0.1, -0.05) is 0 Å². The quantitative estimate of drug-likeness (QED) is 0.807. The number of carbonyl (C=O) groups excluding carboxylic acids is 1. The summed E-state index contributed by atoms with van der Waals surface area (Å²) in [5.41, 5.74) is 1.14. The maximum atomic E-state index is 12.2. The van der Waals surface area contributed by atoms with Crippen LogP contribution in [0.4, 0.5) is 0 Å². The first-order valence-corrected chi connectivity index (χ1v) is 6.31. The number of nitrogens with zero attached hydrogens (tertiary/aromatic N) is 5. The summed E-state index contributed by atoms with van der Waals surface area (Å²) in [4.78, 5) is 22.0. The summed E-state index contributed by atoms with van der Waals surface area (Å²) < 4.78 is 1.94. The van der Waals surface area contributed by atoms with Gasteiger partial charge in [-0.3, -0.25) is 9.48 Å². The van der Waals surface area contributed by atoms with Gasteiger partial charge in [-0.2, -0.15) is 5.10 Å². The fraction of sp³-hybridized carbons (Fsp3) is 0.385. The van der Waals surface area contributed by atoms with Crippen LogP contribution in [0, 0.1) is 6.92 Å². The molecule has 98 valence electrons. The van der Waals surface area contributed by atoms with Crippen LogP contribution >= 0.6 is 0 Å². The molecule has 6 nitrogen and oxygen atoms in total. The van der Waals surface area contributed by atoms with E-state index in [0.717, 1.165) is 18.5 Å². The van der Waals surface area contributed by atoms with Crippen LogP contribution in [0.15, 0.2) is 30.9 Å². The molecule has 2 aromatic rings. The maximum Gasteiger partial charge on any atom is 0.291 e. The summed E-state index contributed by atoms with van der Waals surface area (Å²) in [6.07, 6.45) is 7.94. The van der Waals surface area contributed by atoms with E-state index in [-0.39, 0.29) is 17.8 Å². The molecular formula is C13H15N5O. The van der Waals surface area contributed by atoms with Crippen LogP contribution in [0.1, 0.15) is 28.6 Å². The van der Waals surface area contributed by atoms with E-state index in [1.165, 1.54) is 0 Å². The molecule has 0 aromatic carbocycles. The van der Waals surface area contributed by atoms with Crippen molar-refractivity contribution in [2.75, 3.05) is 13.1 Å². The lowest BCUT2D eigenvalue weighted by Crippen LogP contribution is -2.30.